The lowest BCUT2D eigenvalue weighted by molar-refractivity contribution is 0.0795. The zero-order valence-electron chi connectivity index (χ0n) is 11.5. The molecule has 0 radical (unpaired) electrons. The third kappa shape index (κ3) is 2.15. The summed E-state index contributed by atoms with van der Waals surface area (Å²) < 4.78 is 5.22. The number of ketones is 1. The minimum atomic E-state index is -0.309. The van der Waals surface area contributed by atoms with Crippen molar-refractivity contribution in [2.24, 2.45) is 5.41 Å². The van der Waals surface area contributed by atoms with Gasteiger partial charge >= 0.3 is 0 Å². The van der Waals surface area contributed by atoms with Gasteiger partial charge in [-0.05, 0) is 30.9 Å². The quantitative estimate of drug-likeness (QED) is 0.787. The van der Waals surface area contributed by atoms with Crippen LogP contribution < -0.4 is 4.74 Å². The highest BCUT2D eigenvalue weighted by atomic mass is 35.5. The Hall–Kier alpha value is -0.730. The number of fused-ring (bicyclic) bond motifs is 1. The smallest absolute Gasteiger partial charge is 0.171 e. The number of carbonyl (C=O) groups is 1. The Bertz CT molecular complexity index is 525. The number of rotatable bonds is 4. The molecule has 1 aromatic rings. The molecule has 0 heterocycles. The minimum Gasteiger partial charge on any atom is -0.495 e. The van der Waals surface area contributed by atoms with Gasteiger partial charge in [0.05, 0.1) is 12.1 Å². The van der Waals surface area contributed by atoms with Gasteiger partial charge in [0.2, 0.25) is 0 Å². The van der Waals surface area contributed by atoms with E-state index in [0.29, 0.717) is 21.4 Å². The average Bonchev–Trinajstić information content (AvgIpc) is 2.68. The van der Waals surface area contributed by atoms with Crippen LogP contribution in [0.3, 0.4) is 0 Å². The highest BCUT2D eigenvalue weighted by Gasteiger charge is 2.45. The van der Waals surface area contributed by atoms with E-state index < -0.39 is 0 Å². The van der Waals surface area contributed by atoms with Gasteiger partial charge in [-0.15, -0.1) is 0 Å². The van der Waals surface area contributed by atoms with Crippen LogP contribution >= 0.6 is 23.2 Å². The second kappa shape index (κ2) is 5.34. The van der Waals surface area contributed by atoms with Crippen molar-refractivity contribution in [3.05, 3.63) is 27.2 Å². The normalized spacial score (nSPS) is 21.6. The standard InChI is InChI=1S/C15H18Cl2O2/c1-4-6-15(5-2)8-9-7-10(19-3)12(16)13(17)11(9)14(15)18/h7H,4-6,8H2,1-3H3/t15-/m1/s1. The summed E-state index contributed by atoms with van der Waals surface area (Å²) in [5.41, 5.74) is 1.26. The van der Waals surface area contributed by atoms with E-state index in [1.165, 1.54) is 0 Å². The molecule has 0 N–H and O–H groups in total. The third-order valence-electron chi connectivity index (χ3n) is 4.12. The molecule has 1 atom stereocenters. The molecule has 0 amide bonds. The van der Waals surface area contributed by atoms with Crippen molar-refractivity contribution in [2.45, 2.75) is 39.5 Å². The second-order valence-corrected chi connectivity index (χ2v) is 5.89. The number of benzene rings is 1. The molecule has 1 aliphatic carbocycles. The molecular weight excluding hydrogens is 283 g/mol. The van der Waals surface area contributed by atoms with Crippen molar-refractivity contribution in [2.75, 3.05) is 7.11 Å². The van der Waals surface area contributed by atoms with E-state index in [0.717, 1.165) is 31.2 Å². The van der Waals surface area contributed by atoms with Crippen LogP contribution in [-0.4, -0.2) is 12.9 Å². The Labute approximate surface area is 124 Å². The zero-order chi connectivity index (χ0) is 14.2. The number of halogens is 2. The summed E-state index contributed by atoms with van der Waals surface area (Å²) >= 11 is 12.4. The van der Waals surface area contributed by atoms with E-state index in [9.17, 15) is 4.79 Å². The van der Waals surface area contributed by atoms with Gasteiger partial charge in [0.1, 0.15) is 10.8 Å². The summed E-state index contributed by atoms with van der Waals surface area (Å²) in [5.74, 6) is 0.683. The number of ether oxygens (including phenoxy) is 1. The largest absolute Gasteiger partial charge is 0.495 e. The maximum absolute atomic E-state index is 12.7. The van der Waals surface area contributed by atoms with Gasteiger partial charge < -0.3 is 4.74 Å². The monoisotopic (exact) mass is 300 g/mol. The van der Waals surface area contributed by atoms with Crippen LogP contribution in [0.15, 0.2) is 6.07 Å². The van der Waals surface area contributed by atoms with Gasteiger partial charge in [0.15, 0.2) is 5.78 Å². The summed E-state index contributed by atoms with van der Waals surface area (Å²) in [4.78, 5) is 12.7. The van der Waals surface area contributed by atoms with E-state index in [2.05, 4.69) is 13.8 Å². The van der Waals surface area contributed by atoms with Crippen LogP contribution in [0.1, 0.15) is 49.0 Å². The molecule has 0 fully saturated rings. The van der Waals surface area contributed by atoms with Gasteiger partial charge in [-0.3, -0.25) is 4.79 Å². The van der Waals surface area contributed by atoms with Crippen LogP contribution in [0.4, 0.5) is 0 Å². The number of hydrogen-bond acceptors (Lipinski definition) is 2. The van der Waals surface area contributed by atoms with Crippen molar-refractivity contribution < 1.29 is 9.53 Å². The van der Waals surface area contributed by atoms with Crippen molar-refractivity contribution >= 4 is 29.0 Å². The molecule has 2 nitrogen and oxygen atoms in total. The first-order chi connectivity index (χ1) is 9.00. The van der Waals surface area contributed by atoms with Gasteiger partial charge in [-0.2, -0.15) is 0 Å². The van der Waals surface area contributed by atoms with Crippen molar-refractivity contribution in [3.63, 3.8) is 0 Å². The summed E-state index contributed by atoms with van der Waals surface area (Å²) in [5, 5.41) is 0.673. The van der Waals surface area contributed by atoms with E-state index >= 15 is 0 Å². The summed E-state index contributed by atoms with van der Waals surface area (Å²) in [7, 11) is 1.56. The molecule has 0 aromatic heterocycles. The fourth-order valence-corrected chi connectivity index (χ4v) is 3.57. The van der Waals surface area contributed by atoms with Crippen molar-refractivity contribution in [1.29, 1.82) is 0 Å². The molecule has 2 rings (SSSR count). The molecule has 1 aromatic carbocycles. The zero-order valence-corrected chi connectivity index (χ0v) is 13.0. The number of methoxy groups -OCH3 is 1. The summed E-state index contributed by atoms with van der Waals surface area (Å²) in [6.45, 7) is 4.16. The molecule has 1 aliphatic rings. The molecule has 0 bridgehead atoms. The number of carbonyl (C=O) groups excluding carboxylic acids is 1. The third-order valence-corrected chi connectivity index (χ3v) is 4.97. The van der Waals surface area contributed by atoms with Crippen LogP contribution in [-0.2, 0) is 6.42 Å². The summed E-state index contributed by atoms with van der Waals surface area (Å²) in [6.07, 6.45) is 3.42. The molecule has 19 heavy (non-hydrogen) atoms. The molecule has 0 aliphatic heterocycles. The van der Waals surface area contributed by atoms with Gasteiger partial charge in [0, 0.05) is 11.0 Å². The van der Waals surface area contributed by atoms with Gasteiger partial charge in [-0.25, -0.2) is 0 Å². The lowest BCUT2D eigenvalue weighted by atomic mass is 9.77. The number of hydrogen-bond donors (Lipinski definition) is 0. The van der Waals surface area contributed by atoms with E-state index in [4.69, 9.17) is 27.9 Å². The molecule has 104 valence electrons. The molecule has 0 saturated carbocycles. The molecule has 0 unspecified atom stereocenters. The lowest BCUT2D eigenvalue weighted by Crippen LogP contribution is -2.27. The second-order valence-electron chi connectivity index (χ2n) is 5.13. The van der Waals surface area contributed by atoms with Crippen LogP contribution in [0.25, 0.3) is 0 Å². The van der Waals surface area contributed by atoms with E-state index in [1.807, 2.05) is 6.07 Å². The Balaban J connectivity index is 2.57. The summed E-state index contributed by atoms with van der Waals surface area (Å²) in [6, 6.07) is 1.86. The lowest BCUT2D eigenvalue weighted by Gasteiger charge is -2.24. The maximum atomic E-state index is 12.7. The molecule has 0 spiro atoms. The van der Waals surface area contributed by atoms with E-state index in [-0.39, 0.29) is 11.2 Å². The topological polar surface area (TPSA) is 26.3 Å². The molecule has 4 heteroatoms. The first-order valence-electron chi connectivity index (χ1n) is 6.60. The Morgan fingerprint density at radius 2 is 2.00 bits per heavy atom. The van der Waals surface area contributed by atoms with Gasteiger partial charge in [0.25, 0.3) is 0 Å². The predicted octanol–water partition coefficient (Wildman–Crippen LogP) is 4.94. The predicted molar refractivity (Wildman–Crippen MR) is 78.7 cm³/mol. The fourth-order valence-electron chi connectivity index (χ4n) is 3.04. The number of Topliss-reactive ketones (excluding diaryl/α,β-unsaturated/α-hetero) is 1. The van der Waals surface area contributed by atoms with E-state index in [1.54, 1.807) is 7.11 Å². The first kappa shape index (κ1) is 14.7. The average molecular weight is 301 g/mol. The van der Waals surface area contributed by atoms with Crippen molar-refractivity contribution in [1.82, 2.24) is 0 Å². The van der Waals surface area contributed by atoms with Crippen LogP contribution in [0.5, 0.6) is 5.75 Å². The Kier molecular flexibility index (Phi) is 4.12. The highest BCUT2D eigenvalue weighted by Crippen LogP contribution is 2.49. The first-order valence-corrected chi connectivity index (χ1v) is 7.36. The van der Waals surface area contributed by atoms with Crippen molar-refractivity contribution in [3.8, 4) is 5.75 Å². The minimum absolute atomic E-state index is 0.140. The Morgan fingerprint density at radius 3 is 2.53 bits per heavy atom. The fraction of sp³-hybridized carbons (Fsp3) is 0.533. The SMILES string of the molecule is CCC[C@]1(CC)Cc2cc(OC)c(Cl)c(Cl)c2C1=O. The van der Waals surface area contributed by atoms with Crippen LogP contribution in [0.2, 0.25) is 10.0 Å². The molecular formula is C15H18Cl2O2. The molecule has 0 saturated heterocycles. The van der Waals surface area contributed by atoms with Gasteiger partial charge in [-0.1, -0.05) is 43.5 Å². The Morgan fingerprint density at radius 1 is 1.32 bits per heavy atom. The van der Waals surface area contributed by atoms with Crippen LogP contribution in [0, 0.1) is 5.41 Å². The highest BCUT2D eigenvalue weighted by molar-refractivity contribution is 6.45. The maximum Gasteiger partial charge on any atom is 0.171 e.